The number of nitrogens with zero attached hydrogens (tertiary/aromatic N) is 1. The number of halogens is 1. The molecular weight excluding hydrogens is 304 g/mol. The zero-order chi connectivity index (χ0) is 15.1. The van der Waals surface area contributed by atoms with Crippen molar-refractivity contribution in [2.75, 3.05) is 5.32 Å². The fourth-order valence-corrected chi connectivity index (χ4v) is 2.72. The molecule has 1 heterocycles. The van der Waals surface area contributed by atoms with Crippen molar-refractivity contribution in [1.29, 1.82) is 0 Å². The molecule has 0 aliphatic rings. The van der Waals surface area contributed by atoms with Crippen LogP contribution in [0.1, 0.15) is 17.4 Å². The number of anilines is 1. The van der Waals surface area contributed by atoms with Crippen LogP contribution in [0.4, 0.5) is 5.13 Å². The Kier molecular flexibility index (Phi) is 5.72. The number of amides is 1. The highest BCUT2D eigenvalue weighted by Gasteiger charge is 2.07. The molecule has 0 bridgehead atoms. The topological polar surface area (TPSA) is 42.0 Å². The molecule has 2 aromatic rings. The molecular formula is C16H15ClN2OS. The van der Waals surface area contributed by atoms with E-state index in [1.807, 2.05) is 37.3 Å². The maximum absolute atomic E-state index is 11.6. The quantitative estimate of drug-likeness (QED) is 0.653. The smallest absolute Gasteiger partial charge is 0.250 e. The molecule has 108 valence electrons. The Hall–Kier alpha value is -1.91. The lowest BCUT2D eigenvalue weighted by Gasteiger charge is -2.00. The Balaban J connectivity index is 1.99. The van der Waals surface area contributed by atoms with Crippen LogP contribution in [0.3, 0.4) is 0 Å². The number of hydrogen-bond acceptors (Lipinski definition) is 3. The van der Waals surface area contributed by atoms with E-state index in [0.717, 1.165) is 15.5 Å². The van der Waals surface area contributed by atoms with Crippen molar-refractivity contribution in [2.24, 2.45) is 0 Å². The van der Waals surface area contributed by atoms with E-state index in [0.29, 0.717) is 11.6 Å². The predicted molar refractivity (Wildman–Crippen MR) is 89.0 cm³/mol. The minimum absolute atomic E-state index is 0.188. The van der Waals surface area contributed by atoms with Gasteiger partial charge in [-0.15, -0.1) is 11.3 Å². The number of rotatable bonds is 5. The van der Waals surface area contributed by atoms with E-state index in [9.17, 15) is 4.79 Å². The largest absolute Gasteiger partial charge is 0.298 e. The number of hydrogen-bond donors (Lipinski definition) is 1. The molecule has 5 heteroatoms. The summed E-state index contributed by atoms with van der Waals surface area (Å²) < 4.78 is 0. The Morgan fingerprint density at radius 3 is 2.95 bits per heavy atom. The molecule has 21 heavy (non-hydrogen) atoms. The first kappa shape index (κ1) is 15.5. The van der Waals surface area contributed by atoms with Gasteiger partial charge in [0, 0.05) is 28.6 Å². The number of aromatic nitrogens is 1. The Labute approximate surface area is 133 Å². The summed E-state index contributed by atoms with van der Waals surface area (Å²) in [5.41, 5.74) is 1.05. The summed E-state index contributed by atoms with van der Waals surface area (Å²) in [6, 6.07) is 7.71. The van der Waals surface area contributed by atoms with Crippen molar-refractivity contribution in [2.45, 2.75) is 13.3 Å². The van der Waals surface area contributed by atoms with Gasteiger partial charge >= 0.3 is 0 Å². The zero-order valence-corrected chi connectivity index (χ0v) is 13.1. The van der Waals surface area contributed by atoms with Crippen LogP contribution < -0.4 is 5.32 Å². The van der Waals surface area contributed by atoms with Crippen LogP contribution >= 0.6 is 22.9 Å². The molecule has 1 aromatic heterocycles. The number of benzene rings is 1. The lowest BCUT2D eigenvalue weighted by atomic mass is 10.1. The van der Waals surface area contributed by atoms with Gasteiger partial charge in [0.05, 0.1) is 0 Å². The maximum Gasteiger partial charge on any atom is 0.250 e. The molecule has 0 saturated carbocycles. The second-order valence-electron chi connectivity index (χ2n) is 4.27. The van der Waals surface area contributed by atoms with Gasteiger partial charge < -0.3 is 0 Å². The first-order valence-electron chi connectivity index (χ1n) is 6.47. The minimum atomic E-state index is -0.188. The Bertz CT molecular complexity index is 676. The normalized spacial score (nSPS) is 11.3. The fourth-order valence-electron chi connectivity index (χ4n) is 1.68. The van der Waals surface area contributed by atoms with Crippen molar-refractivity contribution in [3.05, 3.63) is 70.2 Å². The summed E-state index contributed by atoms with van der Waals surface area (Å²) in [7, 11) is 0. The summed E-state index contributed by atoms with van der Waals surface area (Å²) in [6.45, 7) is 1.89. The van der Waals surface area contributed by atoms with Crippen molar-refractivity contribution in [3.8, 4) is 0 Å². The lowest BCUT2D eigenvalue weighted by Crippen LogP contribution is -2.06. The molecule has 0 saturated heterocycles. The number of carbonyl (C=O) groups excluding carboxylic acids is 1. The molecule has 0 radical (unpaired) electrons. The standard InChI is InChI=1S/C16H15ClN2OS/c1-2-3-4-9-15(20)19-16-18-11-13(21-16)10-12-7-5-6-8-14(12)17/h2-9,11H,10H2,1H3,(H,18,19,20)/b3-2+,9-4+. The van der Waals surface area contributed by atoms with Crippen LogP contribution in [0.5, 0.6) is 0 Å². The third-order valence-electron chi connectivity index (χ3n) is 2.66. The monoisotopic (exact) mass is 318 g/mol. The molecule has 0 aliphatic carbocycles. The number of carbonyl (C=O) groups is 1. The molecule has 3 nitrogen and oxygen atoms in total. The van der Waals surface area contributed by atoms with Gasteiger partial charge in [-0.1, -0.05) is 48.0 Å². The van der Waals surface area contributed by atoms with E-state index in [2.05, 4.69) is 10.3 Å². The van der Waals surface area contributed by atoms with Crippen molar-refractivity contribution in [3.63, 3.8) is 0 Å². The van der Waals surface area contributed by atoms with Gasteiger partial charge in [-0.2, -0.15) is 0 Å². The van der Waals surface area contributed by atoms with Crippen molar-refractivity contribution in [1.82, 2.24) is 4.98 Å². The Morgan fingerprint density at radius 1 is 1.38 bits per heavy atom. The maximum atomic E-state index is 11.6. The molecule has 2 rings (SSSR count). The molecule has 0 aliphatic heterocycles. The molecule has 1 N–H and O–H groups in total. The van der Waals surface area contributed by atoms with Gasteiger partial charge in [0.1, 0.15) is 0 Å². The van der Waals surface area contributed by atoms with E-state index < -0.39 is 0 Å². The van der Waals surface area contributed by atoms with Crippen LogP contribution in [0.25, 0.3) is 0 Å². The summed E-state index contributed by atoms with van der Waals surface area (Å²) in [4.78, 5) is 16.9. The van der Waals surface area contributed by atoms with Gasteiger partial charge in [-0.25, -0.2) is 4.98 Å². The van der Waals surface area contributed by atoms with Crippen LogP contribution in [0, 0.1) is 0 Å². The highest BCUT2D eigenvalue weighted by atomic mass is 35.5. The number of allylic oxidation sites excluding steroid dienone is 3. The number of thiazole rings is 1. The zero-order valence-electron chi connectivity index (χ0n) is 11.5. The minimum Gasteiger partial charge on any atom is -0.298 e. The third kappa shape index (κ3) is 4.85. The average molecular weight is 319 g/mol. The third-order valence-corrected chi connectivity index (χ3v) is 3.94. The molecule has 0 spiro atoms. The van der Waals surface area contributed by atoms with Gasteiger partial charge in [0.2, 0.25) is 5.91 Å². The van der Waals surface area contributed by atoms with Crippen LogP contribution in [-0.4, -0.2) is 10.9 Å². The van der Waals surface area contributed by atoms with E-state index in [-0.39, 0.29) is 5.91 Å². The highest BCUT2D eigenvalue weighted by molar-refractivity contribution is 7.15. The molecule has 0 unspecified atom stereocenters. The lowest BCUT2D eigenvalue weighted by molar-refractivity contribution is -0.111. The van der Waals surface area contributed by atoms with E-state index in [1.165, 1.54) is 17.4 Å². The first-order valence-corrected chi connectivity index (χ1v) is 7.67. The SMILES string of the molecule is C/C=C/C=C/C(=O)Nc1ncc(Cc2ccccc2Cl)s1. The first-order chi connectivity index (χ1) is 10.2. The molecule has 1 aromatic carbocycles. The summed E-state index contributed by atoms with van der Waals surface area (Å²) in [5, 5.41) is 4.07. The second kappa shape index (κ2) is 7.76. The summed E-state index contributed by atoms with van der Waals surface area (Å²) in [6.07, 6.45) is 9.28. The van der Waals surface area contributed by atoms with Gasteiger partial charge in [-0.3, -0.25) is 10.1 Å². The predicted octanol–water partition coefficient (Wildman–Crippen LogP) is 4.46. The van der Waals surface area contributed by atoms with E-state index >= 15 is 0 Å². The van der Waals surface area contributed by atoms with Gasteiger partial charge in [0.15, 0.2) is 5.13 Å². The number of nitrogens with one attached hydrogen (secondary N) is 1. The van der Waals surface area contributed by atoms with E-state index in [4.69, 9.17) is 11.6 Å². The van der Waals surface area contributed by atoms with Crippen LogP contribution in [0.15, 0.2) is 54.8 Å². The average Bonchev–Trinajstić information content (AvgIpc) is 2.89. The molecule has 0 atom stereocenters. The Morgan fingerprint density at radius 2 is 2.19 bits per heavy atom. The molecule has 0 fully saturated rings. The van der Waals surface area contributed by atoms with Crippen LogP contribution in [0.2, 0.25) is 5.02 Å². The van der Waals surface area contributed by atoms with E-state index in [1.54, 1.807) is 18.3 Å². The summed E-state index contributed by atoms with van der Waals surface area (Å²) in [5.74, 6) is -0.188. The van der Waals surface area contributed by atoms with Crippen LogP contribution in [-0.2, 0) is 11.2 Å². The van der Waals surface area contributed by atoms with Crippen molar-refractivity contribution >= 4 is 34.0 Å². The molecule has 1 amide bonds. The van der Waals surface area contributed by atoms with Crippen molar-refractivity contribution < 1.29 is 4.79 Å². The highest BCUT2D eigenvalue weighted by Crippen LogP contribution is 2.24. The second-order valence-corrected chi connectivity index (χ2v) is 5.80. The summed E-state index contributed by atoms with van der Waals surface area (Å²) >= 11 is 7.59. The fraction of sp³-hybridized carbons (Fsp3) is 0.125. The van der Waals surface area contributed by atoms with Gasteiger partial charge in [0.25, 0.3) is 0 Å². The van der Waals surface area contributed by atoms with Gasteiger partial charge in [-0.05, 0) is 18.6 Å².